The average molecular weight is 475 g/mol. The molecule has 12 heteroatoms. The molecule has 4 rings (SSSR count). The fraction of sp³-hybridized carbons (Fsp3) is 0.353. The number of nitrogens with zero attached hydrogens (tertiary/aromatic N) is 4. The van der Waals surface area contributed by atoms with Crippen LogP contribution in [-0.2, 0) is 4.74 Å². The number of pyridine rings is 1. The minimum Gasteiger partial charge on any atom is -0.394 e. The minimum atomic E-state index is -1.17. The molecular weight excluding hydrogens is 459 g/mol. The Morgan fingerprint density at radius 3 is 2.72 bits per heavy atom. The Labute approximate surface area is 184 Å². The van der Waals surface area contributed by atoms with E-state index in [0.29, 0.717) is 25.6 Å². The third kappa shape index (κ3) is 4.44. The lowest BCUT2D eigenvalue weighted by Gasteiger charge is -2.42. The Balaban J connectivity index is 1.61. The smallest absolute Gasteiger partial charge is 0.140 e. The first-order chi connectivity index (χ1) is 14.0. The molecule has 0 bridgehead atoms. The number of ether oxygens (including phenoxy) is 1. The molecule has 1 saturated heterocycles. The number of hydrogen-bond donors (Lipinski definition) is 3. The molecule has 3 aromatic rings. The van der Waals surface area contributed by atoms with Gasteiger partial charge in [0.25, 0.3) is 0 Å². The maximum absolute atomic E-state index is 10.9. The van der Waals surface area contributed by atoms with E-state index in [-0.39, 0.29) is 0 Å². The van der Waals surface area contributed by atoms with E-state index >= 15 is 0 Å². The maximum Gasteiger partial charge on any atom is 0.140 e. The van der Waals surface area contributed by atoms with Crippen molar-refractivity contribution in [3.05, 3.63) is 46.4 Å². The van der Waals surface area contributed by atoms with Crippen LogP contribution in [0.4, 0.5) is 0 Å². The lowest BCUT2D eigenvalue weighted by atomic mass is 9.97. The fourth-order valence-electron chi connectivity index (χ4n) is 3.07. The Morgan fingerprint density at radius 2 is 2.03 bits per heavy atom. The van der Waals surface area contributed by atoms with E-state index in [1.54, 1.807) is 30.0 Å². The van der Waals surface area contributed by atoms with Gasteiger partial charge in [-0.3, -0.25) is 9.67 Å². The van der Waals surface area contributed by atoms with Crippen molar-refractivity contribution < 1.29 is 20.1 Å². The van der Waals surface area contributed by atoms with Crippen LogP contribution >= 0.6 is 46.3 Å². The molecule has 0 amide bonds. The highest BCUT2D eigenvalue weighted by molar-refractivity contribution is 7.99. The fourth-order valence-corrected chi connectivity index (χ4v) is 5.31. The van der Waals surface area contributed by atoms with E-state index < -0.39 is 36.4 Å². The normalized spacial score (nSPS) is 27.3. The third-order valence-corrected chi connectivity index (χ3v) is 6.95. The highest BCUT2D eigenvalue weighted by Gasteiger charge is 2.46. The predicted octanol–water partition coefficient (Wildman–Crippen LogP) is 2.48. The molecular formula is C17H16Cl2N4O4S2. The Morgan fingerprint density at radius 1 is 1.21 bits per heavy atom. The predicted molar refractivity (Wildman–Crippen MR) is 110 cm³/mol. The molecule has 1 fully saturated rings. The largest absolute Gasteiger partial charge is 0.394 e. The first-order valence-corrected chi connectivity index (χ1v) is 11.0. The second-order valence-corrected chi connectivity index (χ2v) is 9.19. The van der Waals surface area contributed by atoms with Crippen LogP contribution in [0.15, 0.2) is 41.1 Å². The average Bonchev–Trinajstić information content (AvgIpc) is 3.33. The van der Waals surface area contributed by atoms with Crippen molar-refractivity contribution in [3.63, 3.8) is 0 Å². The standard InChI is InChI=1S/C17H16Cl2N4O4S2/c18-9-1-10(4-20-3-9)29-17-15(26)13(14(25)11(6-24)27-17)23-5-8(2-21-23)16-22-12(19)7-28-16/h1-5,7,11,13-15,17,24-26H,6H2/t11?,13-,14-,15?,17+/m0/s1. The van der Waals surface area contributed by atoms with Gasteiger partial charge in [0.05, 0.1) is 17.8 Å². The molecule has 0 spiro atoms. The van der Waals surface area contributed by atoms with Gasteiger partial charge in [0.15, 0.2) is 0 Å². The molecule has 0 aromatic carbocycles. The van der Waals surface area contributed by atoms with Gasteiger partial charge in [-0.1, -0.05) is 35.0 Å². The van der Waals surface area contributed by atoms with Crippen molar-refractivity contribution in [2.24, 2.45) is 0 Å². The Kier molecular flexibility index (Phi) is 6.42. The molecule has 0 aliphatic carbocycles. The Hall–Kier alpha value is -1.24. The molecule has 1 aliphatic heterocycles. The first kappa shape index (κ1) is 21.0. The number of rotatable bonds is 5. The van der Waals surface area contributed by atoms with Crippen LogP contribution < -0.4 is 0 Å². The number of thioether (sulfide) groups is 1. The van der Waals surface area contributed by atoms with Crippen molar-refractivity contribution in [2.45, 2.75) is 34.7 Å². The van der Waals surface area contributed by atoms with Gasteiger partial charge in [0.1, 0.15) is 40.0 Å². The van der Waals surface area contributed by atoms with Crippen molar-refractivity contribution in [1.29, 1.82) is 0 Å². The molecule has 4 heterocycles. The van der Waals surface area contributed by atoms with E-state index in [1.807, 2.05) is 0 Å². The summed E-state index contributed by atoms with van der Waals surface area (Å²) in [6, 6.07) is 0.858. The topological polar surface area (TPSA) is 114 Å². The molecule has 29 heavy (non-hydrogen) atoms. The summed E-state index contributed by atoms with van der Waals surface area (Å²) in [5.41, 5.74) is -0.0700. The lowest BCUT2D eigenvalue weighted by molar-refractivity contribution is -0.178. The van der Waals surface area contributed by atoms with Gasteiger partial charge in [0.2, 0.25) is 0 Å². The molecule has 8 nitrogen and oxygen atoms in total. The highest BCUT2D eigenvalue weighted by Crippen LogP contribution is 2.38. The van der Waals surface area contributed by atoms with Crippen LogP contribution in [-0.4, -0.2) is 65.4 Å². The van der Waals surface area contributed by atoms with Crippen molar-refractivity contribution in [3.8, 4) is 10.6 Å². The zero-order valence-electron chi connectivity index (χ0n) is 14.7. The van der Waals surface area contributed by atoms with Crippen LogP contribution in [0.5, 0.6) is 0 Å². The van der Waals surface area contributed by atoms with Crippen molar-refractivity contribution >= 4 is 46.3 Å². The maximum atomic E-state index is 10.9. The van der Waals surface area contributed by atoms with Gasteiger partial charge in [-0.15, -0.1) is 11.3 Å². The molecule has 3 N–H and O–H groups in total. The zero-order chi connectivity index (χ0) is 20.5. The summed E-state index contributed by atoms with van der Waals surface area (Å²) < 4.78 is 7.19. The molecule has 3 aromatic heterocycles. The number of thiazole rings is 1. The SMILES string of the molecule is OCC1O[C@H](Sc2cncc(Cl)c2)C(O)[C@@H](n2cc(-c3nc(Cl)cs3)cn2)[C@H]1O. The molecule has 5 atom stereocenters. The van der Waals surface area contributed by atoms with Crippen LogP contribution in [0.3, 0.4) is 0 Å². The molecule has 0 saturated carbocycles. The summed E-state index contributed by atoms with van der Waals surface area (Å²) in [4.78, 5) is 8.91. The van der Waals surface area contributed by atoms with Crippen molar-refractivity contribution in [2.75, 3.05) is 6.61 Å². The van der Waals surface area contributed by atoms with Gasteiger partial charge in [0, 0.05) is 34.4 Å². The second-order valence-electron chi connectivity index (χ2n) is 6.34. The van der Waals surface area contributed by atoms with Gasteiger partial charge in [-0.05, 0) is 6.07 Å². The quantitative estimate of drug-likeness (QED) is 0.516. The summed E-state index contributed by atoms with van der Waals surface area (Å²) >= 11 is 14.4. The van der Waals surface area contributed by atoms with Crippen LogP contribution in [0, 0.1) is 0 Å². The molecule has 2 unspecified atom stereocenters. The second kappa shape index (κ2) is 8.86. The van der Waals surface area contributed by atoms with Crippen LogP contribution in [0.25, 0.3) is 10.6 Å². The van der Waals surface area contributed by atoms with E-state index in [9.17, 15) is 15.3 Å². The summed E-state index contributed by atoms with van der Waals surface area (Å²) in [6.45, 7) is -0.411. The number of aliphatic hydroxyl groups is 3. The number of halogens is 2. The van der Waals surface area contributed by atoms with E-state index in [4.69, 9.17) is 27.9 Å². The lowest BCUT2D eigenvalue weighted by Crippen LogP contribution is -2.54. The van der Waals surface area contributed by atoms with E-state index in [1.165, 1.54) is 34.0 Å². The van der Waals surface area contributed by atoms with Gasteiger partial charge < -0.3 is 20.1 Å². The summed E-state index contributed by atoms with van der Waals surface area (Å²) in [5, 5.41) is 38.8. The third-order valence-electron chi connectivity index (χ3n) is 4.41. The minimum absolute atomic E-state index is 0.385. The summed E-state index contributed by atoms with van der Waals surface area (Å²) in [5.74, 6) is 0. The summed E-state index contributed by atoms with van der Waals surface area (Å²) in [6.07, 6.45) is 3.17. The highest BCUT2D eigenvalue weighted by atomic mass is 35.5. The van der Waals surface area contributed by atoms with Crippen LogP contribution in [0.2, 0.25) is 10.2 Å². The van der Waals surface area contributed by atoms with Gasteiger partial charge in [-0.25, -0.2) is 4.98 Å². The number of hydrogen-bond acceptors (Lipinski definition) is 9. The monoisotopic (exact) mass is 474 g/mol. The molecule has 1 aliphatic rings. The summed E-state index contributed by atoms with van der Waals surface area (Å²) in [7, 11) is 0. The van der Waals surface area contributed by atoms with Gasteiger partial charge >= 0.3 is 0 Å². The van der Waals surface area contributed by atoms with Crippen molar-refractivity contribution in [1.82, 2.24) is 19.7 Å². The first-order valence-electron chi connectivity index (χ1n) is 8.51. The van der Waals surface area contributed by atoms with E-state index in [2.05, 4.69) is 15.1 Å². The number of aliphatic hydroxyl groups excluding tert-OH is 3. The Bertz CT molecular complexity index is 988. The molecule has 154 valence electrons. The molecule has 0 radical (unpaired) electrons. The number of aromatic nitrogens is 4. The van der Waals surface area contributed by atoms with Crippen LogP contribution in [0.1, 0.15) is 6.04 Å². The zero-order valence-corrected chi connectivity index (χ0v) is 17.8. The van der Waals surface area contributed by atoms with Gasteiger partial charge in [-0.2, -0.15) is 5.10 Å². The van der Waals surface area contributed by atoms with E-state index in [0.717, 1.165) is 0 Å².